The molecule has 0 aromatic heterocycles. The standard InChI is InChI=1S/C10H13ClN2O4S3/c1-19(14,15)4-5-20(16,17)13-9-6-7(11)2-3-8(9)10(12)18/h2-3,6,13H,4-5H2,1H3,(H2,12,18). The van der Waals surface area contributed by atoms with Gasteiger partial charge in [-0.25, -0.2) is 16.8 Å². The number of nitrogens with two attached hydrogens (primary N) is 1. The summed E-state index contributed by atoms with van der Waals surface area (Å²) in [7, 11) is -7.22. The summed E-state index contributed by atoms with van der Waals surface area (Å²) in [5.74, 6) is -1.04. The lowest BCUT2D eigenvalue weighted by molar-refractivity contribution is 0.593. The Hall–Kier alpha value is -0.900. The first-order valence-corrected chi connectivity index (χ1v) is 9.78. The minimum Gasteiger partial charge on any atom is -0.389 e. The molecule has 0 aliphatic rings. The zero-order valence-corrected chi connectivity index (χ0v) is 13.7. The fourth-order valence-electron chi connectivity index (χ4n) is 1.30. The van der Waals surface area contributed by atoms with Crippen LogP contribution in [0.15, 0.2) is 18.2 Å². The topological polar surface area (TPSA) is 106 Å². The maximum atomic E-state index is 11.8. The zero-order valence-electron chi connectivity index (χ0n) is 10.5. The van der Waals surface area contributed by atoms with Crippen LogP contribution < -0.4 is 10.5 Å². The van der Waals surface area contributed by atoms with Crippen LogP contribution in [0.1, 0.15) is 5.56 Å². The van der Waals surface area contributed by atoms with E-state index in [1.54, 1.807) is 0 Å². The third kappa shape index (κ3) is 5.61. The molecule has 1 aromatic rings. The largest absolute Gasteiger partial charge is 0.389 e. The Morgan fingerprint density at radius 3 is 2.40 bits per heavy atom. The lowest BCUT2D eigenvalue weighted by Gasteiger charge is -2.12. The summed E-state index contributed by atoms with van der Waals surface area (Å²) in [5.41, 5.74) is 5.92. The maximum absolute atomic E-state index is 11.8. The van der Waals surface area contributed by atoms with E-state index in [9.17, 15) is 16.8 Å². The van der Waals surface area contributed by atoms with Crippen molar-refractivity contribution < 1.29 is 16.8 Å². The quantitative estimate of drug-likeness (QED) is 0.729. The Labute approximate surface area is 128 Å². The predicted octanol–water partition coefficient (Wildman–Crippen LogP) is 0.761. The number of sulfone groups is 1. The van der Waals surface area contributed by atoms with Gasteiger partial charge in [-0.2, -0.15) is 0 Å². The molecule has 0 unspecified atom stereocenters. The van der Waals surface area contributed by atoms with Gasteiger partial charge in [0.25, 0.3) is 0 Å². The first kappa shape index (κ1) is 17.2. The summed E-state index contributed by atoms with van der Waals surface area (Å²) in [5, 5.41) is 0.297. The normalized spacial score (nSPS) is 12.1. The first-order valence-electron chi connectivity index (χ1n) is 5.28. The van der Waals surface area contributed by atoms with Gasteiger partial charge in [0.2, 0.25) is 10.0 Å². The fourth-order valence-corrected chi connectivity index (χ4v) is 4.34. The van der Waals surface area contributed by atoms with Gasteiger partial charge >= 0.3 is 0 Å². The van der Waals surface area contributed by atoms with Crippen molar-refractivity contribution in [1.29, 1.82) is 0 Å². The van der Waals surface area contributed by atoms with Crippen LogP contribution in [0.5, 0.6) is 0 Å². The van der Waals surface area contributed by atoms with Crippen LogP contribution in [0.2, 0.25) is 5.02 Å². The summed E-state index contributed by atoms with van der Waals surface area (Å²) < 4.78 is 47.9. The molecule has 0 saturated heterocycles. The van der Waals surface area contributed by atoms with Crippen LogP contribution in [0, 0.1) is 0 Å². The van der Waals surface area contributed by atoms with Crippen LogP contribution in [-0.4, -0.2) is 39.6 Å². The number of rotatable bonds is 6. The second kappa shape index (κ2) is 6.25. The molecule has 112 valence electrons. The van der Waals surface area contributed by atoms with E-state index >= 15 is 0 Å². The number of anilines is 1. The van der Waals surface area contributed by atoms with Crippen molar-refractivity contribution in [3.05, 3.63) is 28.8 Å². The molecule has 6 nitrogen and oxygen atoms in total. The van der Waals surface area contributed by atoms with E-state index in [0.717, 1.165) is 6.26 Å². The fraction of sp³-hybridized carbons (Fsp3) is 0.300. The van der Waals surface area contributed by atoms with Crippen molar-refractivity contribution in [3.63, 3.8) is 0 Å². The van der Waals surface area contributed by atoms with Crippen LogP contribution in [0.3, 0.4) is 0 Å². The Bertz CT molecular complexity index is 729. The van der Waals surface area contributed by atoms with Gasteiger partial charge in [0.1, 0.15) is 14.8 Å². The molecule has 0 heterocycles. The average molecular weight is 357 g/mol. The maximum Gasteiger partial charge on any atom is 0.233 e. The third-order valence-corrected chi connectivity index (χ3v) is 5.17. The van der Waals surface area contributed by atoms with E-state index in [1.165, 1.54) is 18.2 Å². The van der Waals surface area contributed by atoms with Crippen LogP contribution in [0.4, 0.5) is 5.69 Å². The molecule has 0 bridgehead atoms. The lowest BCUT2D eigenvalue weighted by Crippen LogP contribution is -2.24. The SMILES string of the molecule is CS(=O)(=O)CCS(=O)(=O)Nc1cc(Cl)ccc1C(N)=S. The van der Waals surface area contributed by atoms with Gasteiger partial charge in [0, 0.05) is 16.8 Å². The van der Waals surface area contributed by atoms with Gasteiger partial charge in [-0.1, -0.05) is 23.8 Å². The highest BCUT2D eigenvalue weighted by Crippen LogP contribution is 2.22. The molecule has 20 heavy (non-hydrogen) atoms. The number of nitrogens with one attached hydrogen (secondary N) is 1. The minimum absolute atomic E-state index is 0.00230. The Morgan fingerprint density at radius 1 is 1.30 bits per heavy atom. The lowest BCUT2D eigenvalue weighted by atomic mass is 10.2. The summed E-state index contributed by atoms with van der Waals surface area (Å²) in [6.45, 7) is 0. The monoisotopic (exact) mass is 356 g/mol. The average Bonchev–Trinajstić information content (AvgIpc) is 2.24. The number of hydrogen-bond acceptors (Lipinski definition) is 5. The molecule has 3 N–H and O–H groups in total. The van der Waals surface area contributed by atoms with E-state index in [2.05, 4.69) is 4.72 Å². The van der Waals surface area contributed by atoms with E-state index in [1.807, 2.05) is 0 Å². The number of benzene rings is 1. The summed E-state index contributed by atoms with van der Waals surface area (Å²) >= 11 is 10.6. The number of hydrogen-bond donors (Lipinski definition) is 2. The third-order valence-electron chi connectivity index (χ3n) is 2.24. The molecular weight excluding hydrogens is 344 g/mol. The minimum atomic E-state index is -3.84. The van der Waals surface area contributed by atoms with Gasteiger partial charge < -0.3 is 5.73 Å². The molecule has 0 aliphatic carbocycles. The van der Waals surface area contributed by atoms with Crippen molar-refractivity contribution in [3.8, 4) is 0 Å². The highest BCUT2D eigenvalue weighted by Gasteiger charge is 2.17. The van der Waals surface area contributed by atoms with Gasteiger partial charge in [-0.05, 0) is 18.2 Å². The number of thiocarbonyl (C=S) groups is 1. The van der Waals surface area contributed by atoms with Gasteiger partial charge in [-0.15, -0.1) is 0 Å². The molecule has 0 spiro atoms. The second-order valence-corrected chi connectivity index (χ2v) is 9.08. The molecule has 10 heteroatoms. The molecule has 0 amide bonds. The molecule has 0 radical (unpaired) electrons. The molecular formula is C10H13ClN2O4S3. The van der Waals surface area contributed by atoms with Crippen molar-refractivity contribution in [2.24, 2.45) is 5.73 Å². The second-order valence-electron chi connectivity index (χ2n) is 4.10. The van der Waals surface area contributed by atoms with Crippen molar-refractivity contribution >= 4 is 54.4 Å². The molecule has 1 rings (SSSR count). The van der Waals surface area contributed by atoms with Gasteiger partial charge in [0.05, 0.1) is 17.2 Å². The smallest absolute Gasteiger partial charge is 0.233 e. The van der Waals surface area contributed by atoms with Crippen molar-refractivity contribution in [2.45, 2.75) is 0 Å². The first-order chi connectivity index (χ1) is 9.00. The van der Waals surface area contributed by atoms with E-state index < -0.39 is 31.4 Å². The highest BCUT2D eigenvalue weighted by molar-refractivity contribution is 7.95. The van der Waals surface area contributed by atoms with Gasteiger partial charge in [-0.3, -0.25) is 4.72 Å². The number of sulfonamides is 1. The summed E-state index contributed by atoms with van der Waals surface area (Å²) in [6, 6.07) is 4.36. The molecule has 0 aliphatic heterocycles. The van der Waals surface area contributed by atoms with E-state index in [-0.39, 0.29) is 10.7 Å². The molecule has 1 aromatic carbocycles. The molecule has 0 atom stereocenters. The van der Waals surface area contributed by atoms with Gasteiger partial charge in [0.15, 0.2) is 0 Å². The molecule has 0 saturated carbocycles. The highest BCUT2D eigenvalue weighted by atomic mass is 35.5. The Balaban J connectivity index is 3.03. The number of halogens is 1. The molecule has 0 fully saturated rings. The van der Waals surface area contributed by atoms with Crippen LogP contribution >= 0.6 is 23.8 Å². The summed E-state index contributed by atoms with van der Waals surface area (Å²) in [4.78, 5) is 0.00230. The van der Waals surface area contributed by atoms with E-state index in [0.29, 0.717) is 10.6 Å². The van der Waals surface area contributed by atoms with Crippen molar-refractivity contribution in [2.75, 3.05) is 22.5 Å². The Morgan fingerprint density at radius 2 is 1.90 bits per heavy atom. The Kier molecular flexibility index (Phi) is 5.36. The van der Waals surface area contributed by atoms with Crippen LogP contribution in [-0.2, 0) is 19.9 Å². The predicted molar refractivity (Wildman–Crippen MR) is 84.5 cm³/mol. The summed E-state index contributed by atoms with van der Waals surface area (Å²) in [6.07, 6.45) is 0.961. The van der Waals surface area contributed by atoms with E-state index in [4.69, 9.17) is 29.6 Å². The van der Waals surface area contributed by atoms with Crippen LogP contribution in [0.25, 0.3) is 0 Å². The zero-order chi connectivity index (χ0) is 15.6. The van der Waals surface area contributed by atoms with Crippen molar-refractivity contribution in [1.82, 2.24) is 0 Å².